The lowest BCUT2D eigenvalue weighted by atomic mass is 10.3. The number of carbonyl (C=O) groups is 2. The number of para-hydroxylation sites is 1. The summed E-state index contributed by atoms with van der Waals surface area (Å²) in [4.78, 5) is 27.6. The number of hydrogen-bond donors (Lipinski definition) is 1. The third kappa shape index (κ3) is 4.99. The van der Waals surface area contributed by atoms with Crippen LogP contribution in [0.2, 0.25) is 0 Å². The van der Waals surface area contributed by atoms with Crippen molar-refractivity contribution in [3.05, 3.63) is 47.8 Å². The SMILES string of the molecule is CN(C)C(=O)N1CCCn2nc(CNC(=O)COc3ccccc3)cc2C1. The summed E-state index contributed by atoms with van der Waals surface area (Å²) in [5.41, 5.74) is 1.75. The van der Waals surface area contributed by atoms with Gasteiger partial charge >= 0.3 is 6.03 Å². The average Bonchev–Trinajstić information content (AvgIpc) is 2.95. The Morgan fingerprint density at radius 3 is 2.74 bits per heavy atom. The Hall–Kier alpha value is -3.03. The van der Waals surface area contributed by atoms with Crippen LogP contribution in [-0.2, 0) is 24.4 Å². The van der Waals surface area contributed by atoms with Gasteiger partial charge in [-0.25, -0.2) is 4.79 Å². The lowest BCUT2D eigenvalue weighted by Gasteiger charge is -2.23. The van der Waals surface area contributed by atoms with E-state index < -0.39 is 0 Å². The molecule has 0 atom stereocenters. The summed E-state index contributed by atoms with van der Waals surface area (Å²) in [5, 5.41) is 7.37. The minimum absolute atomic E-state index is 0.00226. The van der Waals surface area contributed by atoms with E-state index in [9.17, 15) is 9.59 Å². The molecule has 144 valence electrons. The first-order chi connectivity index (χ1) is 13.0. The highest BCUT2D eigenvalue weighted by Crippen LogP contribution is 2.15. The molecular formula is C19H25N5O3. The van der Waals surface area contributed by atoms with Crippen molar-refractivity contribution in [3.63, 3.8) is 0 Å². The first kappa shape index (κ1) is 18.8. The predicted octanol–water partition coefficient (Wildman–Crippen LogP) is 1.47. The molecule has 2 aromatic rings. The molecule has 8 nitrogen and oxygen atoms in total. The van der Waals surface area contributed by atoms with E-state index >= 15 is 0 Å². The monoisotopic (exact) mass is 371 g/mol. The van der Waals surface area contributed by atoms with Crippen LogP contribution in [0.15, 0.2) is 36.4 Å². The average molecular weight is 371 g/mol. The van der Waals surface area contributed by atoms with Crippen molar-refractivity contribution in [3.8, 4) is 5.75 Å². The van der Waals surface area contributed by atoms with E-state index in [0.29, 0.717) is 25.4 Å². The van der Waals surface area contributed by atoms with Crippen molar-refractivity contribution in [2.45, 2.75) is 26.1 Å². The van der Waals surface area contributed by atoms with Crippen LogP contribution in [0.1, 0.15) is 17.8 Å². The number of urea groups is 1. The number of aromatic nitrogens is 2. The second-order valence-corrected chi connectivity index (χ2v) is 6.68. The summed E-state index contributed by atoms with van der Waals surface area (Å²) >= 11 is 0. The lowest BCUT2D eigenvalue weighted by molar-refractivity contribution is -0.123. The smallest absolute Gasteiger partial charge is 0.319 e. The van der Waals surface area contributed by atoms with Crippen LogP contribution in [0.5, 0.6) is 5.75 Å². The number of fused-ring (bicyclic) bond motifs is 1. The third-order valence-electron chi connectivity index (χ3n) is 4.30. The number of nitrogens with zero attached hydrogens (tertiary/aromatic N) is 4. The minimum Gasteiger partial charge on any atom is -0.484 e. The van der Waals surface area contributed by atoms with E-state index in [4.69, 9.17) is 4.74 Å². The Balaban J connectivity index is 1.53. The fraction of sp³-hybridized carbons (Fsp3) is 0.421. The Morgan fingerprint density at radius 2 is 2.00 bits per heavy atom. The molecule has 0 unspecified atom stereocenters. The summed E-state index contributed by atoms with van der Waals surface area (Å²) in [6.45, 7) is 2.29. The fourth-order valence-corrected chi connectivity index (χ4v) is 2.96. The number of nitrogens with one attached hydrogen (secondary N) is 1. The topological polar surface area (TPSA) is 79.7 Å². The molecule has 3 rings (SSSR count). The molecule has 0 saturated carbocycles. The molecular weight excluding hydrogens is 346 g/mol. The van der Waals surface area contributed by atoms with Crippen molar-refractivity contribution >= 4 is 11.9 Å². The van der Waals surface area contributed by atoms with Crippen molar-refractivity contribution in [2.75, 3.05) is 27.2 Å². The van der Waals surface area contributed by atoms with E-state index in [1.54, 1.807) is 31.1 Å². The molecule has 0 spiro atoms. The van der Waals surface area contributed by atoms with Gasteiger partial charge in [-0.2, -0.15) is 5.10 Å². The van der Waals surface area contributed by atoms with E-state index in [2.05, 4.69) is 10.4 Å². The highest BCUT2D eigenvalue weighted by atomic mass is 16.5. The Morgan fingerprint density at radius 1 is 1.22 bits per heavy atom. The van der Waals surface area contributed by atoms with Crippen LogP contribution in [0.4, 0.5) is 4.79 Å². The molecule has 1 aliphatic heterocycles. The number of amides is 3. The van der Waals surface area contributed by atoms with Crippen molar-refractivity contribution in [2.24, 2.45) is 0 Å². The van der Waals surface area contributed by atoms with Gasteiger partial charge in [-0.15, -0.1) is 0 Å². The molecule has 8 heteroatoms. The summed E-state index contributed by atoms with van der Waals surface area (Å²) in [6, 6.07) is 11.2. The summed E-state index contributed by atoms with van der Waals surface area (Å²) in [7, 11) is 3.51. The molecule has 0 saturated heterocycles. The molecule has 2 heterocycles. The third-order valence-corrected chi connectivity index (χ3v) is 4.30. The maximum absolute atomic E-state index is 12.2. The molecule has 1 aromatic carbocycles. The molecule has 1 aliphatic rings. The van der Waals surface area contributed by atoms with Crippen molar-refractivity contribution < 1.29 is 14.3 Å². The zero-order valence-electron chi connectivity index (χ0n) is 15.7. The zero-order valence-corrected chi connectivity index (χ0v) is 15.7. The molecule has 0 bridgehead atoms. The van der Waals surface area contributed by atoms with Gasteiger partial charge in [0.05, 0.1) is 24.5 Å². The van der Waals surface area contributed by atoms with Gasteiger partial charge in [-0.1, -0.05) is 18.2 Å². The lowest BCUT2D eigenvalue weighted by Crippen LogP contribution is -2.38. The molecule has 0 aliphatic carbocycles. The summed E-state index contributed by atoms with van der Waals surface area (Å²) in [5.74, 6) is 0.457. The molecule has 27 heavy (non-hydrogen) atoms. The largest absolute Gasteiger partial charge is 0.484 e. The maximum Gasteiger partial charge on any atom is 0.319 e. The predicted molar refractivity (Wildman–Crippen MR) is 100 cm³/mol. The first-order valence-corrected chi connectivity index (χ1v) is 8.99. The van der Waals surface area contributed by atoms with E-state index in [1.807, 2.05) is 33.8 Å². The normalized spacial score (nSPS) is 13.5. The van der Waals surface area contributed by atoms with Crippen molar-refractivity contribution in [1.29, 1.82) is 0 Å². The number of benzene rings is 1. The van der Waals surface area contributed by atoms with Gasteiger partial charge in [0.25, 0.3) is 5.91 Å². The number of aryl methyl sites for hydroxylation is 1. The molecule has 0 radical (unpaired) electrons. The molecule has 1 N–H and O–H groups in total. The van der Waals surface area contributed by atoms with Gasteiger partial charge in [0, 0.05) is 27.2 Å². The van der Waals surface area contributed by atoms with Crippen LogP contribution in [0.3, 0.4) is 0 Å². The molecule has 3 amide bonds. The van der Waals surface area contributed by atoms with Gasteiger partial charge < -0.3 is 19.9 Å². The minimum atomic E-state index is -0.202. The zero-order chi connectivity index (χ0) is 19.2. The highest BCUT2D eigenvalue weighted by molar-refractivity contribution is 5.77. The standard InChI is InChI=1S/C19H25N5O3/c1-22(2)19(26)23-9-6-10-24-16(13-23)11-15(21-24)12-20-18(25)14-27-17-7-4-3-5-8-17/h3-5,7-8,11H,6,9-10,12-14H2,1-2H3,(H,20,25). The van der Waals surface area contributed by atoms with Crippen molar-refractivity contribution in [1.82, 2.24) is 24.9 Å². The van der Waals surface area contributed by atoms with Gasteiger partial charge in [0.15, 0.2) is 6.61 Å². The Labute approximate surface area is 158 Å². The van der Waals surface area contributed by atoms with Crippen LogP contribution >= 0.6 is 0 Å². The van der Waals surface area contributed by atoms with Crippen LogP contribution in [0, 0.1) is 0 Å². The van der Waals surface area contributed by atoms with Gasteiger partial charge in [-0.05, 0) is 24.6 Å². The fourth-order valence-electron chi connectivity index (χ4n) is 2.96. The summed E-state index contributed by atoms with van der Waals surface area (Å²) < 4.78 is 7.35. The molecule has 0 fully saturated rings. The maximum atomic E-state index is 12.2. The van der Waals surface area contributed by atoms with Crippen LogP contribution in [0.25, 0.3) is 0 Å². The number of ether oxygens (including phenoxy) is 1. The van der Waals surface area contributed by atoms with Gasteiger partial charge in [-0.3, -0.25) is 9.48 Å². The molecule has 1 aromatic heterocycles. The van der Waals surface area contributed by atoms with Gasteiger partial charge in [0.1, 0.15) is 5.75 Å². The second kappa shape index (κ2) is 8.57. The van der Waals surface area contributed by atoms with Crippen LogP contribution in [-0.4, -0.2) is 58.8 Å². The number of carbonyl (C=O) groups excluding carboxylic acids is 2. The van der Waals surface area contributed by atoms with Gasteiger partial charge in [0.2, 0.25) is 0 Å². The van der Waals surface area contributed by atoms with E-state index in [0.717, 1.165) is 24.4 Å². The number of hydrogen-bond acceptors (Lipinski definition) is 4. The van der Waals surface area contributed by atoms with E-state index in [-0.39, 0.29) is 18.5 Å². The quantitative estimate of drug-likeness (QED) is 0.863. The first-order valence-electron chi connectivity index (χ1n) is 8.99. The number of rotatable bonds is 5. The van der Waals surface area contributed by atoms with E-state index in [1.165, 1.54) is 0 Å². The Bertz CT molecular complexity index is 788. The highest BCUT2D eigenvalue weighted by Gasteiger charge is 2.21. The Kier molecular flexibility index (Phi) is 5.95. The second-order valence-electron chi connectivity index (χ2n) is 6.68. The summed E-state index contributed by atoms with van der Waals surface area (Å²) in [6.07, 6.45) is 0.852. The van der Waals surface area contributed by atoms with Crippen LogP contribution < -0.4 is 10.1 Å².